The first-order valence-corrected chi connectivity index (χ1v) is 13.0. The van der Waals surface area contributed by atoms with Gasteiger partial charge in [0.25, 0.3) is 0 Å². The van der Waals surface area contributed by atoms with E-state index >= 15 is 0 Å². The van der Waals surface area contributed by atoms with Crippen molar-refractivity contribution in [2.75, 3.05) is 57.7 Å². The van der Waals surface area contributed by atoms with Gasteiger partial charge < -0.3 is 25.3 Å². The van der Waals surface area contributed by atoms with Crippen LogP contribution in [0.25, 0.3) is 0 Å². The van der Waals surface area contributed by atoms with E-state index in [1.165, 1.54) is 30.4 Å². The highest BCUT2D eigenvalue weighted by molar-refractivity contribution is 7.80. The van der Waals surface area contributed by atoms with Crippen LogP contribution in [0.2, 0.25) is 0 Å². The van der Waals surface area contributed by atoms with Gasteiger partial charge in [-0.05, 0) is 112 Å². The lowest BCUT2D eigenvalue weighted by Gasteiger charge is -2.40. The summed E-state index contributed by atoms with van der Waals surface area (Å²) in [7, 11) is 0. The van der Waals surface area contributed by atoms with Crippen molar-refractivity contribution in [3.63, 3.8) is 0 Å². The summed E-state index contributed by atoms with van der Waals surface area (Å²) in [5, 5.41) is 8.75. The fraction of sp³-hybridized carbons (Fsp3) is 0.680. The molecule has 2 N–H and O–H groups in total. The molecule has 2 heterocycles. The summed E-state index contributed by atoms with van der Waals surface area (Å²) in [5.41, 5.74) is 4.00. The summed E-state index contributed by atoms with van der Waals surface area (Å²) >= 11 is 11.5. The molecule has 1 aromatic carbocycles. The second-order valence-electron chi connectivity index (χ2n) is 9.58. The first-order chi connectivity index (χ1) is 15.3. The van der Waals surface area contributed by atoms with Crippen LogP contribution < -0.4 is 10.6 Å². The summed E-state index contributed by atoms with van der Waals surface area (Å²) in [4.78, 5) is 7.20. The zero-order valence-corrected chi connectivity index (χ0v) is 22.0. The van der Waals surface area contributed by atoms with E-state index in [2.05, 4.69) is 71.2 Å². The number of thiocarbonyl (C=S) groups is 2. The molecule has 1 spiro atoms. The number of rotatable bonds is 7. The van der Waals surface area contributed by atoms with Gasteiger partial charge in [-0.1, -0.05) is 19.9 Å². The first kappa shape index (κ1) is 25.2. The maximum Gasteiger partial charge on any atom is 0.173 e. The maximum atomic E-state index is 5.74. The lowest BCUT2D eigenvalue weighted by Crippen LogP contribution is -2.47. The van der Waals surface area contributed by atoms with E-state index in [-0.39, 0.29) is 0 Å². The maximum absolute atomic E-state index is 5.74. The lowest BCUT2D eigenvalue weighted by atomic mass is 9.78. The molecule has 2 aliphatic heterocycles. The molecule has 0 unspecified atom stereocenters. The number of benzene rings is 1. The molecule has 0 aromatic heterocycles. The number of hydrogen-bond donors (Lipinski definition) is 2. The molecule has 5 nitrogen and oxygen atoms in total. The number of anilines is 1. The average molecular weight is 476 g/mol. The standard InChI is InChI=1S/C25H41N5S2/c1-5-28(6-2)12-7-11-26-23(31)30-15-10-25(19-30)8-13-29(14-9-25)24(32)27-22-17-20(3)16-21(4)18-22/h16-18H,5-15,19H2,1-4H3,(H,26,31)(H,27,32). The molecule has 2 aliphatic rings. The summed E-state index contributed by atoms with van der Waals surface area (Å²) in [5.74, 6) is 0. The molecular formula is C25H41N5S2. The van der Waals surface area contributed by atoms with Gasteiger partial charge in [-0.2, -0.15) is 0 Å². The minimum Gasteiger partial charge on any atom is -0.363 e. The highest BCUT2D eigenvalue weighted by Crippen LogP contribution is 2.40. The average Bonchev–Trinajstić information content (AvgIpc) is 3.17. The van der Waals surface area contributed by atoms with E-state index in [9.17, 15) is 0 Å². The van der Waals surface area contributed by atoms with Gasteiger partial charge in [-0.25, -0.2) is 0 Å². The minimum absolute atomic E-state index is 0.388. The molecule has 7 heteroatoms. The molecule has 0 saturated carbocycles. The third-order valence-corrected chi connectivity index (χ3v) is 7.89. The van der Waals surface area contributed by atoms with Crippen molar-refractivity contribution in [2.45, 2.75) is 53.4 Å². The lowest BCUT2D eigenvalue weighted by molar-refractivity contribution is 0.161. The van der Waals surface area contributed by atoms with Gasteiger partial charge >= 0.3 is 0 Å². The molecule has 3 rings (SSSR count). The number of piperidine rings is 1. The Morgan fingerprint density at radius 1 is 0.938 bits per heavy atom. The molecule has 0 radical (unpaired) electrons. The monoisotopic (exact) mass is 475 g/mol. The number of nitrogens with zero attached hydrogens (tertiary/aromatic N) is 3. The van der Waals surface area contributed by atoms with E-state index in [0.717, 1.165) is 74.7 Å². The molecule has 32 heavy (non-hydrogen) atoms. The summed E-state index contributed by atoms with van der Waals surface area (Å²) < 4.78 is 0. The zero-order chi connectivity index (χ0) is 23.1. The van der Waals surface area contributed by atoms with Crippen LogP contribution in [-0.2, 0) is 0 Å². The van der Waals surface area contributed by atoms with Crippen molar-refractivity contribution in [1.82, 2.24) is 20.0 Å². The molecule has 2 fully saturated rings. The van der Waals surface area contributed by atoms with Crippen LogP contribution in [0.1, 0.15) is 50.7 Å². The third kappa shape index (κ3) is 6.78. The van der Waals surface area contributed by atoms with Crippen molar-refractivity contribution >= 4 is 40.3 Å². The van der Waals surface area contributed by atoms with Crippen LogP contribution >= 0.6 is 24.4 Å². The van der Waals surface area contributed by atoms with Crippen molar-refractivity contribution in [3.8, 4) is 0 Å². The van der Waals surface area contributed by atoms with Crippen LogP contribution in [-0.4, -0.2) is 77.3 Å². The van der Waals surface area contributed by atoms with E-state index in [0.29, 0.717) is 5.41 Å². The highest BCUT2D eigenvalue weighted by Gasteiger charge is 2.41. The SMILES string of the molecule is CCN(CC)CCCNC(=S)N1CCC2(CCN(C(=S)Nc3cc(C)cc(C)c3)CC2)C1. The van der Waals surface area contributed by atoms with Gasteiger partial charge in [0.05, 0.1) is 0 Å². The van der Waals surface area contributed by atoms with E-state index in [1.54, 1.807) is 0 Å². The van der Waals surface area contributed by atoms with Gasteiger partial charge in [0.2, 0.25) is 0 Å². The van der Waals surface area contributed by atoms with E-state index in [4.69, 9.17) is 24.4 Å². The Balaban J connectivity index is 1.41. The van der Waals surface area contributed by atoms with Crippen LogP contribution in [0, 0.1) is 19.3 Å². The second-order valence-corrected chi connectivity index (χ2v) is 10.4. The predicted molar refractivity (Wildman–Crippen MR) is 145 cm³/mol. The first-order valence-electron chi connectivity index (χ1n) is 12.2. The minimum atomic E-state index is 0.388. The molecule has 0 bridgehead atoms. The normalized spacial score (nSPS) is 17.8. The number of likely N-dealkylation sites (tertiary alicyclic amines) is 2. The van der Waals surface area contributed by atoms with Gasteiger partial charge in [-0.3, -0.25) is 0 Å². The summed E-state index contributed by atoms with van der Waals surface area (Å²) in [6.07, 6.45) is 4.74. The fourth-order valence-electron chi connectivity index (χ4n) is 5.10. The summed E-state index contributed by atoms with van der Waals surface area (Å²) in [6.45, 7) is 17.3. The number of aryl methyl sites for hydroxylation is 2. The van der Waals surface area contributed by atoms with Crippen LogP contribution in [0.4, 0.5) is 5.69 Å². The Hall–Kier alpha value is -1.44. The van der Waals surface area contributed by atoms with Crippen molar-refractivity contribution in [1.29, 1.82) is 0 Å². The van der Waals surface area contributed by atoms with Crippen LogP contribution in [0.5, 0.6) is 0 Å². The number of nitrogens with one attached hydrogen (secondary N) is 2. The van der Waals surface area contributed by atoms with Crippen LogP contribution in [0.3, 0.4) is 0 Å². The topological polar surface area (TPSA) is 33.8 Å². The Labute approximate surface area is 205 Å². The Kier molecular flexibility index (Phi) is 9.14. The molecular weight excluding hydrogens is 434 g/mol. The predicted octanol–water partition coefficient (Wildman–Crippen LogP) is 4.39. The second kappa shape index (κ2) is 11.6. The van der Waals surface area contributed by atoms with E-state index in [1.807, 2.05) is 0 Å². The number of hydrogen-bond acceptors (Lipinski definition) is 3. The van der Waals surface area contributed by atoms with Crippen LogP contribution in [0.15, 0.2) is 18.2 Å². The smallest absolute Gasteiger partial charge is 0.173 e. The van der Waals surface area contributed by atoms with Gasteiger partial charge in [0, 0.05) is 38.4 Å². The van der Waals surface area contributed by atoms with Crippen molar-refractivity contribution < 1.29 is 0 Å². The Bertz CT molecular complexity index is 764. The third-order valence-electron chi connectivity index (χ3n) is 7.13. The molecule has 0 atom stereocenters. The van der Waals surface area contributed by atoms with Crippen molar-refractivity contribution in [2.24, 2.45) is 5.41 Å². The highest BCUT2D eigenvalue weighted by atomic mass is 32.1. The zero-order valence-electron chi connectivity index (χ0n) is 20.4. The molecule has 178 valence electrons. The fourth-order valence-corrected chi connectivity index (χ4v) is 5.66. The molecule has 1 aromatic rings. The molecule has 2 saturated heterocycles. The van der Waals surface area contributed by atoms with Gasteiger partial charge in [0.1, 0.15) is 0 Å². The van der Waals surface area contributed by atoms with E-state index < -0.39 is 0 Å². The van der Waals surface area contributed by atoms with Gasteiger partial charge in [0.15, 0.2) is 10.2 Å². The van der Waals surface area contributed by atoms with Gasteiger partial charge in [-0.15, -0.1) is 0 Å². The summed E-state index contributed by atoms with van der Waals surface area (Å²) in [6, 6.07) is 6.51. The molecule has 0 aliphatic carbocycles. The Morgan fingerprint density at radius 2 is 1.53 bits per heavy atom. The quantitative estimate of drug-likeness (QED) is 0.447. The largest absolute Gasteiger partial charge is 0.363 e. The van der Waals surface area contributed by atoms with Crippen molar-refractivity contribution in [3.05, 3.63) is 29.3 Å². The molecule has 0 amide bonds. The Morgan fingerprint density at radius 3 is 2.12 bits per heavy atom.